The van der Waals surface area contributed by atoms with Crippen LogP contribution in [0.4, 0.5) is 0 Å². The zero-order valence-electron chi connectivity index (χ0n) is 14.2. The van der Waals surface area contributed by atoms with E-state index in [1.807, 2.05) is 26.0 Å². The molecule has 0 radical (unpaired) electrons. The van der Waals surface area contributed by atoms with Crippen molar-refractivity contribution < 1.29 is 9.53 Å². The smallest absolute Gasteiger partial charge is 0.236 e. The fourth-order valence-corrected chi connectivity index (χ4v) is 3.36. The topological polar surface area (TPSA) is 93.6 Å². The van der Waals surface area contributed by atoms with Crippen LogP contribution in [0.15, 0.2) is 24.7 Å². The first-order chi connectivity index (χ1) is 12.2. The molecule has 0 spiro atoms. The zero-order valence-corrected chi connectivity index (χ0v) is 15.0. The van der Waals surface area contributed by atoms with Gasteiger partial charge in [0.15, 0.2) is 5.82 Å². The summed E-state index contributed by atoms with van der Waals surface area (Å²) >= 11 is 1.47. The van der Waals surface area contributed by atoms with Gasteiger partial charge in [-0.2, -0.15) is 5.10 Å². The highest BCUT2D eigenvalue weighted by Gasteiger charge is 2.18. The van der Waals surface area contributed by atoms with Crippen molar-refractivity contribution in [3.63, 3.8) is 0 Å². The highest BCUT2D eigenvalue weighted by molar-refractivity contribution is 7.18. The van der Waals surface area contributed by atoms with Gasteiger partial charge in [0.2, 0.25) is 5.88 Å². The second kappa shape index (κ2) is 7.98. The van der Waals surface area contributed by atoms with Crippen LogP contribution in [-0.2, 0) is 11.2 Å². The second-order valence-electron chi connectivity index (χ2n) is 5.42. The van der Waals surface area contributed by atoms with E-state index in [1.54, 1.807) is 6.20 Å². The van der Waals surface area contributed by atoms with Crippen molar-refractivity contribution >= 4 is 17.1 Å². The first-order valence-electron chi connectivity index (χ1n) is 8.17. The quantitative estimate of drug-likeness (QED) is 0.665. The molecule has 0 aliphatic carbocycles. The lowest BCUT2D eigenvalue weighted by atomic mass is 10.1. The number of H-pyrrole nitrogens is 1. The summed E-state index contributed by atoms with van der Waals surface area (Å²) < 4.78 is 5.63. The molecule has 130 valence electrons. The number of nitrogens with one attached hydrogen (secondary N) is 1. The third kappa shape index (κ3) is 4.08. The Labute approximate surface area is 149 Å². The summed E-state index contributed by atoms with van der Waals surface area (Å²) in [4.78, 5) is 25.7. The monoisotopic (exact) mass is 357 g/mol. The molecule has 0 amide bonds. The lowest BCUT2D eigenvalue weighted by Gasteiger charge is -2.02. The van der Waals surface area contributed by atoms with Crippen LogP contribution >= 0.6 is 11.3 Å². The summed E-state index contributed by atoms with van der Waals surface area (Å²) in [5.41, 5.74) is 1.66. The number of rotatable bonds is 8. The third-order valence-electron chi connectivity index (χ3n) is 3.48. The number of aromatic amines is 1. The van der Waals surface area contributed by atoms with Gasteiger partial charge in [0, 0.05) is 30.3 Å². The van der Waals surface area contributed by atoms with Gasteiger partial charge in [-0.05, 0) is 25.5 Å². The van der Waals surface area contributed by atoms with Gasteiger partial charge < -0.3 is 4.74 Å². The number of thiazole rings is 1. The van der Waals surface area contributed by atoms with Crippen LogP contribution in [0.2, 0.25) is 0 Å². The number of pyridine rings is 1. The number of hydrogen-bond acceptors (Lipinski definition) is 7. The molecule has 8 heteroatoms. The lowest BCUT2D eigenvalue weighted by molar-refractivity contribution is -0.118. The van der Waals surface area contributed by atoms with E-state index in [-0.39, 0.29) is 5.78 Å². The van der Waals surface area contributed by atoms with Gasteiger partial charge in [0.25, 0.3) is 0 Å². The van der Waals surface area contributed by atoms with Crippen molar-refractivity contribution in [3.05, 3.63) is 30.4 Å². The molecular weight excluding hydrogens is 338 g/mol. The van der Waals surface area contributed by atoms with E-state index in [9.17, 15) is 4.79 Å². The summed E-state index contributed by atoms with van der Waals surface area (Å²) in [5.74, 6) is 1.35. The molecule has 0 atom stereocenters. The van der Waals surface area contributed by atoms with Crippen LogP contribution in [0.5, 0.6) is 5.88 Å². The Morgan fingerprint density at radius 1 is 1.32 bits per heavy atom. The minimum Gasteiger partial charge on any atom is -0.477 e. The SMILES string of the molecule is CCCC(=O)Cc1cc(-c2nc(OCC)c(-c3ncn[nH]3)s2)ccn1. The Morgan fingerprint density at radius 3 is 2.92 bits per heavy atom. The number of aromatic nitrogens is 5. The molecule has 0 aromatic carbocycles. The van der Waals surface area contributed by atoms with Gasteiger partial charge in [0.05, 0.1) is 6.61 Å². The largest absolute Gasteiger partial charge is 0.477 e. The van der Waals surface area contributed by atoms with Gasteiger partial charge in [-0.15, -0.1) is 11.3 Å². The highest BCUT2D eigenvalue weighted by atomic mass is 32.1. The molecule has 0 fully saturated rings. The molecule has 0 bridgehead atoms. The van der Waals surface area contributed by atoms with E-state index in [1.165, 1.54) is 17.7 Å². The Kier molecular flexibility index (Phi) is 5.49. The Hall–Kier alpha value is -2.61. The summed E-state index contributed by atoms with van der Waals surface area (Å²) in [6.07, 6.45) is 4.94. The van der Waals surface area contributed by atoms with Crippen molar-refractivity contribution in [2.75, 3.05) is 6.61 Å². The summed E-state index contributed by atoms with van der Waals surface area (Å²) in [6.45, 7) is 4.42. The van der Waals surface area contributed by atoms with Crippen molar-refractivity contribution in [2.24, 2.45) is 0 Å². The molecule has 7 nitrogen and oxygen atoms in total. The Bertz CT molecular complexity index is 845. The molecule has 3 rings (SSSR count). The Balaban J connectivity index is 1.91. The van der Waals surface area contributed by atoms with E-state index in [0.717, 1.165) is 27.6 Å². The van der Waals surface area contributed by atoms with E-state index in [0.29, 0.717) is 31.2 Å². The number of Topliss-reactive ketones (excluding diaryl/α,β-unsaturated/α-hetero) is 1. The van der Waals surface area contributed by atoms with Gasteiger partial charge in [0.1, 0.15) is 22.0 Å². The lowest BCUT2D eigenvalue weighted by Crippen LogP contribution is -2.03. The van der Waals surface area contributed by atoms with Crippen molar-refractivity contribution in [3.8, 4) is 27.2 Å². The van der Waals surface area contributed by atoms with Gasteiger partial charge >= 0.3 is 0 Å². The number of ketones is 1. The predicted octanol–water partition coefficient (Wildman–Crippen LogP) is 3.30. The van der Waals surface area contributed by atoms with E-state index in [4.69, 9.17) is 4.74 Å². The number of carbonyl (C=O) groups is 1. The fraction of sp³-hybridized carbons (Fsp3) is 0.353. The van der Waals surface area contributed by atoms with Crippen LogP contribution in [0.1, 0.15) is 32.4 Å². The zero-order chi connectivity index (χ0) is 17.6. The maximum Gasteiger partial charge on any atom is 0.236 e. The third-order valence-corrected chi connectivity index (χ3v) is 4.57. The molecule has 25 heavy (non-hydrogen) atoms. The highest BCUT2D eigenvalue weighted by Crippen LogP contribution is 2.38. The number of carbonyl (C=O) groups excluding carboxylic acids is 1. The number of hydrogen-bond donors (Lipinski definition) is 1. The predicted molar refractivity (Wildman–Crippen MR) is 95.5 cm³/mol. The van der Waals surface area contributed by atoms with E-state index in [2.05, 4.69) is 25.1 Å². The molecule has 1 N–H and O–H groups in total. The Morgan fingerprint density at radius 2 is 2.20 bits per heavy atom. The first kappa shape index (κ1) is 17.2. The minimum absolute atomic E-state index is 0.198. The average Bonchev–Trinajstić information content (AvgIpc) is 3.25. The first-order valence-corrected chi connectivity index (χ1v) is 8.99. The molecular formula is C17H19N5O2S. The van der Waals surface area contributed by atoms with Gasteiger partial charge in [-0.25, -0.2) is 9.97 Å². The standard InChI is InChI=1S/C17H19N5O2S/c1-3-5-13(23)9-12-8-11(6-7-18-12)17-21-16(24-4-2)14(25-17)15-19-10-20-22-15/h6-8,10H,3-5,9H2,1-2H3,(H,19,20,22). The molecule has 0 saturated heterocycles. The minimum atomic E-state index is 0.198. The average molecular weight is 357 g/mol. The molecule has 3 aromatic heterocycles. The number of ether oxygens (including phenoxy) is 1. The molecule has 0 unspecified atom stereocenters. The maximum absolute atomic E-state index is 11.9. The van der Waals surface area contributed by atoms with E-state index < -0.39 is 0 Å². The van der Waals surface area contributed by atoms with Gasteiger partial charge in [-0.1, -0.05) is 6.92 Å². The van der Waals surface area contributed by atoms with Crippen LogP contribution in [0, 0.1) is 0 Å². The van der Waals surface area contributed by atoms with Crippen LogP contribution < -0.4 is 4.74 Å². The van der Waals surface area contributed by atoms with Crippen molar-refractivity contribution in [1.29, 1.82) is 0 Å². The van der Waals surface area contributed by atoms with Crippen LogP contribution in [0.3, 0.4) is 0 Å². The van der Waals surface area contributed by atoms with Gasteiger partial charge in [-0.3, -0.25) is 14.9 Å². The van der Waals surface area contributed by atoms with Crippen LogP contribution in [-0.4, -0.2) is 37.5 Å². The molecule has 0 aliphatic heterocycles. The fourth-order valence-electron chi connectivity index (χ4n) is 2.41. The molecule has 3 heterocycles. The second-order valence-corrected chi connectivity index (χ2v) is 6.42. The summed E-state index contributed by atoms with van der Waals surface area (Å²) in [5, 5.41) is 7.52. The summed E-state index contributed by atoms with van der Waals surface area (Å²) in [7, 11) is 0. The van der Waals surface area contributed by atoms with Crippen molar-refractivity contribution in [2.45, 2.75) is 33.1 Å². The molecule has 0 aliphatic rings. The normalized spacial score (nSPS) is 10.8. The van der Waals surface area contributed by atoms with E-state index >= 15 is 0 Å². The van der Waals surface area contributed by atoms with Crippen LogP contribution in [0.25, 0.3) is 21.3 Å². The molecule has 3 aromatic rings. The molecule has 0 saturated carbocycles. The number of nitrogens with zero attached hydrogens (tertiary/aromatic N) is 4. The summed E-state index contributed by atoms with van der Waals surface area (Å²) in [6, 6.07) is 3.79. The maximum atomic E-state index is 11.9. The van der Waals surface area contributed by atoms with Crippen molar-refractivity contribution in [1.82, 2.24) is 25.1 Å².